The molecule has 1 rings (SSSR count). The summed E-state index contributed by atoms with van der Waals surface area (Å²) in [5.41, 5.74) is 5.59. The number of aliphatic hydroxyl groups is 1. The van der Waals surface area contributed by atoms with E-state index in [1.165, 1.54) is 19.2 Å². The summed E-state index contributed by atoms with van der Waals surface area (Å²) in [5.74, 6) is 0. The van der Waals surface area contributed by atoms with Gasteiger partial charge in [-0.1, -0.05) is 23.2 Å². The van der Waals surface area contributed by atoms with Gasteiger partial charge < -0.3 is 15.6 Å². The zero-order valence-corrected chi connectivity index (χ0v) is 13.1. The molecule has 6 nitrogen and oxygen atoms in total. The van der Waals surface area contributed by atoms with Crippen LogP contribution in [0.3, 0.4) is 0 Å². The highest BCUT2D eigenvalue weighted by molar-refractivity contribution is 7.89. The molecule has 0 aromatic heterocycles. The maximum absolute atomic E-state index is 12.0. The molecule has 0 saturated heterocycles. The number of anilines is 1. The smallest absolute Gasteiger partial charge is 0.242 e. The number of sulfonamides is 1. The average Bonchev–Trinajstić information content (AvgIpc) is 2.35. The van der Waals surface area contributed by atoms with Crippen molar-refractivity contribution in [3.8, 4) is 0 Å². The van der Waals surface area contributed by atoms with E-state index in [2.05, 4.69) is 4.72 Å². The van der Waals surface area contributed by atoms with Crippen LogP contribution in [0.1, 0.15) is 6.42 Å². The van der Waals surface area contributed by atoms with Gasteiger partial charge in [-0.2, -0.15) is 0 Å². The zero-order valence-electron chi connectivity index (χ0n) is 10.8. The quantitative estimate of drug-likeness (QED) is 0.647. The summed E-state index contributed by atoms with van der Waals surface area (Å²) in [6.45, 7) is 0.183. The molecule has 0 radical (unpaired) electrons. The SMILES string of the molecule is COCC(O)CCNS(=O)(=O)c1ccc(Cl)c(N)c1Cl. The van der Waals surface area contributed by atoms with E-state index in [-0.39, 0.29) is 40.2 Å². The molecule has 1 aromatic rings. The summed E-state index contributed by atoms with van der Waals surface area (Å²) < 4.78 is 31.2. The molecule has 1 atom stereocenters. The lowest BCUT2D eigenvalue weighted by molar-refractivity contribution is 0.0603. The topological polar surface area (TPSA) is 102 Å². The molecular weight excluding hydrogens is 327 g/mol. The number of nitrogens with two attached hydrogens (primary N) is 1. The second kappa shape index (κ2) is 7.44. The second-order valence-corrected chi connectivity index (χ2v) is 6.59. The minimum Gasteiger partial charge on any atom is -0.396 e. The van der Waals surface area contributed by atoms with E-state index in [9.17, 15) is 13.5 Å². The molecule has 0 aliphatic carbocycles. The van der Waals surface area contributed by atoms with Crippen LogP contribution >= 0.6 is 23.2 Å². The Hall–Kier alpha value is -0.570. The largest absolute Gasteiger partial charge is 0.396 e. The first-order valence-electron chi connectivity index (χ1n) is 5.69. The van der Waals surface area contributed by atoms with Crippen molar-refractivity contribution in [2.45, 2.75) is 17.4 Å². The molecule has 0 amide bonds. The average molecular weight is 343 g/mol. The first-order valence-corrected chi connectivity index (χ1v) is 7.93. The predicted octanol–water partition coefficient (Wildman–Crippen LogP) is 1.25. The Morgan fingerprint density at radius 2 is 2.10 bits per heavy atom. The van der Waals surface area contributed by atoms with Gasteiger partial charge in [0.25, 0.3) is 0 Å². The summed E-state index contributed by atoms with van der Waals surface area (Å²) in [5, 5.41) is 9.49. The highest BCUT2D eigenvalue weighted by atomic mass is 35.5. The Kier molecular flexibility index (Phi) is 6.50. The van der Waals surface area contributed by atoms with Crippen LogP contribution in [0.5, 0.6) is 0 Å². The number of nitrogen functional groups attached to an aromatic ring is 1. The molecule has 4 N–H and O–H groups in total. The van der Waals surface area contributed by atoms with Crippen molar-refractivity contribution in [1.29, 1.82) is 0 Å². The number of halogens is 2. The van der Waals surface area contributed by atoms with Gasteiger partial charge in [0.15, 0.2) is 0 Å². The van der Waals surface area contributed by atoms with Gasteiger partial charge in [-0.3, -0.25) is 0 Å². The molecule has 0 heterocycles. The van der Waals surface area contributed by atoms with Crippen molar-refractivity contribution < 1.29 is 18.3 Å². The van der Waals surface area contributed by atoms with E-state index >= 15 is 0 Å². The molecule has 20 heavy (non-hydrogen) atoms. The number of ether oxygens (including phenoxy) is 1. The highest BCUT2D eigenvalue weighted by Gasteiger charge is 2.20. The predicted molar refractivity (Wildman–Crippen MR) is 78.6 cm³/mol. The molecule has 1 unspecified atom stereocenters. The third kappa shape index (κ3) is 4.47. The molecule has 1 aromatic carbocycles. The van der Waals surface area contributed by atoms with Gasteiger partial charge in [0.05, 0.1) is 28.4 Å². The first kappa shape index (κ1) is 17.5. The maximum Gasteiger partial charge on any atom is 0.242 e. The van der Waals surface area contributed by atoms with Crippen LogP contribution in [0, 0.1) is 0 Å². The Balaban J connectivity index is 2.77. The van der Waals surface area contributed by atoms with Gasteiger partial charge >= 0.3 is 0 Å². The van der Waals surface area contributed by atoms with Gasteiger partial charge in [-0.25, -0.2) is 13.1 Å². The van der Waals surface area contributed by atoms with E-state index in [1.807, 2.05) is 0 Å². The monoisotopic (exact) mass is 342 g/mol. The normalized spacial score (nSPS) is 13.4. The van der Waals surface area contributed by atoms with Gasteiger partial charge in [0, 0.05) is 13.7 Å². The molecule has 0 fully saturated rings. The molecule has 0 bridgehead atoms. The van der Waals surface area contributed by atoms with Crippen molar-refractivity contribution in [2.24, 2.45) is 0 Å². The van der Waals surface area contributed by atoms with E-state index in [4.69, 9.17) is 33.7 Å². The number of nitrogens with one attached hydrogen (secondary N) is 1. The van der Waals surface area contributed by atoms with Crippen molar-refractivity contribution in [2.75, 3.05) is 26.0 Å². The lowest BCUT2D eigenvalue weighted by atomic mass is 10.3. The van der Waals surface area contributed by atoms with Crippen molar-refractivity contribution in [1.82, 2.24) is 4.72 Å². The summed E-state index contributed by atoms with van der Waals surface area (Å²) in [6.07, 6.45) is -0.526. The summed E-state index contributed by atoms with van der Waals surface area (Å²) in [6, 6.07) is 2.63. The van der Waals surface area contributed by atoms with E-state index in [0.717, 1.165) is 0 Å². The Morgan fingerprint density at radius 3 is 2.70 bits per heavy atom. The minimum atomic E-state index is -3.81. The zero-order chi connectivity index (χ0) is 15.3. The lowest BCUT2D eigenvalue weighted by Gasteiger charge is -2.12. The fraction of sp³-hybridized carbons (Fsp3) is 0.455. The van der Waals surface area contributed by atoms with E-state index in [0.29, 0.717) is 0 Å². The lowest BCUT2D eigenvalue weighted by Crippen LogP contribution is -2.29. The third-order valence-electron chi connectivity index (χ3n) is 2.51. The maximum atomic E-state index is 12.0. The van der Waals surface area contributed by atoms with Crippen molar-refractivity contribution in [3.63, 3.8) is 0 Å². The molecule has 114 valence electrons. The number of aliphatic hydroxyl groups excluding tert-OH is 1. The molecule has 0 aliphatic rings. The van der Waals surface area contributed by atoms with Crippen LogP contribution in [-0.2, 0) is 14.8 Å². The number of methoxy groups -OCH3 is 1. The fourth-order valence-electron chi connectivity index (χ4n) is 1.47. The molecule has 0 saturated carbocycles. The van der Waals surface area contributed by atoms with Gasteiger partial charge in [-0.15, -0.1) is 0 Å². The van der Waals surface area contributed by atoms with Crippen LogP contribution in [-0.4, -0.2) is 39.9 Å². The first-order chi connectivity index (χ1) is 9.29. The van der Waals surface area contributed by atoms with Gasteiger partial charge in [-0.05, 0) is 18.6 Å². The van der Waals surface area contributed by atoms with Crippen LogP contribution < -0.4 is 10.5 Å². The molecule has 9 heteroatoms. The summed E-state index contributed by atoms with van der Waals surface area (Å²) >= 11 is 11.6. The molecule has 0 aliphatic heterocycles. The highest BCUT2D eigenvalue weighted by Crippen LogP contribution is 2.32. The van der Waals surface area contributed by atoms with Crippen molar-refractivity contribution >= 4 is 38.9 Å². The van der Waals surface area contributed by atoms with Crippen LogP contribution in [0.15, 0.2) is 17.0 Å². The van der Waals surface area contributed by atoms with Gasteiger partial charge in [0.2, 0.25) is 10.0 Å². The van der Waals surface area contributed by atoms with Crippen LogP contribution in [0.2, 0.25) is 10.0 Å². The number of benzene rings is 1. The number of rotatable bonds is 7. The second-order valence-electron chi connectivity index (χ2n) is 4.07. The molecule has 0 spiro atoms. The van der Waals surface area contributed by atoms with E-state index in [1.54, 1.807) is 0 Å². The Labute approximate surface area is 127 Å². The van der Waals surface area contributed by atoms with Gasteiger partial charge in [0.1, 0.15) is 4.90 Å². The Bertz CT molecular complexity index is 566. The number of hydrogen-bond acceptors (Lipinski definition) is 5. The molecular formula is C11H16Cl2N2O4S. The van der Waals surface area contributed by atoms with E-state index < -0.39 is 16.1 Å². The third-order valence-corrected chi connectivity index (χ3v) is 4.86. The number of hydrogen-bond donors (Lipinski definition) is 3. The van der Waals surface area contributed by atoms with Crippen LogP contribution in [0.25, 0.3) is 0 Å². The minimum absolute atomic E-state index is 0.00984. The summed E-state index contributed by atoms with van der Waals surface area (Å²) in [4.78, 5) is -0.151. The fourth-order valence-corrected chi connectivity index (χ4v) is 3.28. The van der Waals surface area contributed by atoms with Crippen LogP contribution in [0.4, 0.5) is 5.69 Å². The van der Waals surface area contributed by atoms with Crippen molar-refractivity contribution in [3.05, 3.63) is 22.2 Å². The standard InChI is InChI=1S/C11H16Cl2N2O4S/c1-19-6-7(16)4-5-15-20(17,18)9-3-2-8(12)11(14)10(9)13/h2-3,7,15-16H,4-6,14H2,1H3. The Morgan fingerprint density at radius 1 is 1.45 bits per heavy atom. The summed E-state index contributed by atoms with van der Waals surface area (Å²) in [7, 11) is -2.37.